The molecule has 0 unspecified atom stereocenters. The molecule has 1 aromatic carbocycles. The van der Waals surface area contributed by atoms with Gasteiger partial charge in [0, 0.05) is 0 Å². The largest absolute Gasteiger partial charge is 0.497 e. The Morgan fingerprint density at radius 1 is 1.28 bits per heavy atom. The molecule has 1 heterocycles. The first kappa shape index (κ1) is 12.8. The van der Waals surface area contributed by atoms with Gasteiger partial charge in [0.1, 0.15) is 16.6 Å². The quantitative estimate of drug-likeness (QED) is 0.927. The number of methoxy groups -OCH3 is 1. The summed E-state index contributed by atoms with van der Waals surface area (Å²) < 4.78 is 6.77. The van der Waals surface area contributed by atoms with E-state index >= 15 is 0 Å². The minimum atomic E-state index is 0.235. The summed E-state index contributed by atoms with van der Waals surface area (Å²) in [5.74, 6) is 1.49. The number of hydrogen-bond donors (Lipinski definition) is 1. The fourth-order valence-corrected chi connectivity index (χ4v) is 2.05. The maximum Gasteiger partial charge on any atom is 0.146 e. The predicted molar refractivity (Wildman–Crippen MR) is 73.6 cm³/mol. The third-order valence-electron chi connectivity index (χ3n) is 2.75. The lowest BCUT2D eigenvalue weighted by Crippen LogP contribution is -2.02. The average Bonchev–Trinajstić information content (AvgIpc) is 2.67. The van der Waals surface area contributed by atoms with Gasteiger partial charge < -0.3 is 10.5 Å². The topological polar surface area (TPSA) is 53.1 Å². The first-order valence-corrected chi connectivity index (χ1v) is 6.10. The van der Waals surface area contributed by atoms with E-state index in [1.54, 1.807) is 11.8 Å². The summed E-state index contributed by atoms with van der Waals surface area (Å²) in [6.07, 6.45) is 0. The zero-order chi connectivity index (χ0) is 13.3. The van der Waals surface area contributed by atoms with Crippen molar-refractivity contribution in [3.05, 3.63) is 35.0 Å². The molecule has 96 valence electrons. The van der Waals surface area contributed by atoms with Gasteiger partial charge >= 0.3 is 0 Å². The lowest BCUT2D eigenvalue weighted by Gasteiger charge is -2.05. The summed E-state index contributed by atoms with van der Waals surface area (Å²) in [7, 11) is 1.63. The average molecular weight is 266 g/mol. The lowest BCUT2D eigenvalue weighted by atomic mass is 10.1. The van der Waals surface area contributed by atoms with Crippen LogP contribution in [0.2, 0.25) is 5.02 Å². The summed E-state index contributed by atoms with van der Waals surface area (Å²) >= 11 is 6.18. The number of aromatic nitrogens is 2. The van der Waals surface area contributed by atoms with E-state index in [1.165, 1.54) is 0 Å². The Bertz CT molecular complexity index is 546. The van der Waals surface area contributed by atoms with Gasteiger partial charge in [-0.05, 0) is 30.2 Å². The SMILES string of the molecule is COc1ccc(-n2nc(C(C)C)c(Cl)c2N)cc1. The molecule has 0 spiro atoms. The molecular formula is C13H16ClN3O. The van der Waals surface area contributed by atoms with Crippen LogP contribution in [0.4, 0.5) is 5.82 Å². The van der Waals surface area contributed by atoms with E-state index in [-0.39, 0.29) is 5.92 Å². The van der Waals surface area contributed by atoms with Crippen LogP contribution in [0.3, 0.4) is 0 Å². The van der Waals surface area contributed by atoms with Crippen molar-refractivity contribution in [3.8, 4) is 11.4 Å². The van der Waals surface area contributed by atoms with Gasteiger partial charge in [0.05, 0.1) is 18.5 Å². The molecule has 0 aliphatic rings. The highest BCUT2D eigenvalue weighted by molar-refractivity contribution is 6.33. The first-order chi connectivity index (χ1) is 8.54. The lowest BCUT2D eigenvalue weighted by molar-refractivity contribution is 0.414. The molecule has 0 saturated carbocycles. The van der Waals surface area contributed by atoms with Crippen molar-refractivity contribution in [3.63, 3.8) is 0 Å². The number of anilines is 1. The van der Waals surface area contributed by atoms with Crippen LogP contribution in [0.15, 0.2) is 24.3 Å². The molecule has 0 saturated heterocycles. The molecule has 18 heavy (non-hydrogen) atoms. The highest BCUT2D eigenvalue weighted by Gasteiger charge is 2.17. The van der Waals surface area contributed by atoms with Crippen LogP contribution in [0.25, 0.3) is 5.69 Å². The van der Waals surface area contributed by atoms with Gasteiger partial charge in [0.2, 0.25) is 0 Å². The molecule has 0 aliphatic carbocycles. The standard InChI is InChI=1S/C13H16ClN3O/c1-8(2)12-11(14)13(15)17(16-12)9-4-6-10(18-3)7-5-9/h4-8H,15H2,1-3H3. The normalized spacial score (nSPS) is 10.9. The number of hydrogen-bond acceptors (Lipinski definition) is 3. The summed E-state index contributed by atoms with van der Waals surface area (Å²) in [6, 6.07) is 7.50. The first-order valence-electron chi connectivity index (χ1n) is 5.73. The summed E-state index contributed by atoms with van der Waals surface area (Å²) in [5.41, 5.74) is 7.65. The fraction of sp³-hybridized carbons (Fsp3) is 0.308. The van der Waals surface area contributed by atoms with Crippen molar-refractivity contribution in [1.82, 2.24) is 9.78 Å². The van der Waals surface area contributed by atoms with Crippen molar-refractivity contribution in [2.24, 2.45) is 0 Å². The predicted octanol–water partition coefficient (Wildman–Crippen LogP) is 3.24. The Morgan fingerprint density at radius 2 is 1.89 bits per heavy atom. The number of rotatable bonds is 3. The minimum Gasteiger partial charge on any atom is -0.497 e. The molecule has 4 nitrogen and oxygen atoms in total. The van der Waals surface area contributed by atoms with E-state index in [9.17, 15) is 0 Å². The maximum atomic E-state index is 6.18. The molecule has 2 aromatic rings. The van der Waals surface area contributed by atoms with Crippen LogP contribution in [0.1, 0.15) is 25.5 Å². The van der Waals surface area contributed by atoms with E-state index in [4.69, 9.17) is 22.1 Å². The molecule has 0 radical (unpaired) electrons. The van der Waals surface area contributed by atoms with Crippen LogP contribution in [-0.2, 0) is 0 Å². The Morgan fingerprint density at radius 3 is 2.33 bits per heavy atom. The molecule has 0 amide bonds. The molecule has 5 heteroatoms. The Hall–Kier alpha value is -1.68. The van der Waals surface area contributed by atoms with Crippen molar-refractivity contribution in [2.45, 2.75) is 19.8 Å². The highest BCUT2D eigenvalue weighted by Crippen LogP contribution is 2.30. The zero-order valence-electron chi connectivity index (χ0n) is 10.6. The van der Waals surface area contributed by atoms with E-state index in [0.29, 0.717) is 10.8 Å². The van der Waals surface area contributed by atoms with Crippen LogP contribution in [0.5, 0.6) is 5.75 Å². The van der Waals surface area contributed by atoms with E-state index in [1.807, 2.05) is 38.1 Å². The molecular weight excluding hydrogens is 250 g/mol. The van der Waals surface area contributed by atoms with Gasteiger partial charge in [0.15, 0.2) is 0 Å². The molecule has 0 fully saturated rings. The molecule has 0 aliphatic heterocycles. The molecule has 0 atom stereocenters. The van der Waals surface area contributed by atoms with Gasteiger partial charge in [-0.2, -0.15) is 5.10 Å². The van der Waals surface area contributed by atoms with Crippen molar-refractivity contribution < 1.29 is 4.74 Å². The van der Waals surface area contributed by atoms with Crippen LogP contribution < -0.4 is 10.5 Å². The van der Waals surface area contributed by atoms with Gasteiger partial charge in [-0.15, -0.1) is 0 Å². The summed E-state index contributed by atoms with van der Waals surface area (Å²) in [6.45, 7) is 4.07. The van der Waals surface area contributed by atoms with Gasteiger partial charge in [0.25, 0.3) is 0 Å². The Kier molecular flexibility index (Phi) is 3.48. The smallest absolute Gasteiger partial charge is 0.146 e. The number of halogens is 1. The van der Waals surface area contributed by atoms with Crippen LogP contribution in [0, 0.1) is 0 Å². The number of nitrogen functional groups attached to an aromatic ring is 1. The third-order valence-corrected chi connectivity index (χ3v) is 3.14. The van der Waals surface area contributed by atoms with Crippen molar-refractivity contribution >= 4 is 17.4 Å². The minimum absolute atomic E-state index is 0.235. The number of nitrogens with zero attached hydrogens (tertiary/aromatic N) is 2. The number of nitrogens with two attached hydrogens (primary N) is 1. The third kappa shape index (κ3) is 2.16. The van der Waals surface area contributed by atoms with Crippen molar-refractivity contribution in [1.29, 1.82) is 0 Å². The fourth-order valence-electron chi connectivity index (χ4n) is 1.72. The van der Waals surface area contributed by atoms with Crippen LogP contribution >= 0.6 is 11.6 Å². The monoisotopic (exact) mass is 265 g/mol. The zero-order valence-corrected chi connectivity index (χ0v) is 11.4. The van der Waals surface area contributed by atoms with Gasteiger partial charge in [-0.25, -0.2) is 4.68 Å². The maximum absolute atomic E-state index is 6.18. The van der Waals surface area contributed by atoms with E-state index in [0.717, 1.165) is 17.1 Å². The second kappa shape index (κ2) is 4.90. The molecule has 0 bridgehead atoms. The molecule has 2 rings (SSSR count). The molecule has 1 aromatic heterocycles. The summed E-state index contributed by atoms with van der Waals surface area (Å²) in [5, 5.41) is 4.98. The van der Waals surface area contributed by atoms with E-state index in [2.05, 4.69) is 5.10 Å². The second-order valence-electron chi connectivity index (χ2n) is 4.35. The van der Waals surface area contributed by atoms with Gasteiger partial charge in [-0.1, -0.05) is 25.4 Å². The van der Waals surface area contributed by atoms with Crippen LogP contribution in [-0.4, -0.2) is 16.9 Å². The molecule has 2 N–H and O–H groups in total. The summed E-state index contributed by atoms with van der Waals surface area (Å²) in [4.78, 5) is 0. The van der Waals surface area contributed by atoms with Gasteiger partial charge in [-0.3, -0.25) is 0 Å². The second-order valence-corrected chi connectivity index (χ2v) is 4.73. The number of benzene rings is 1. The Balaban J connectivity index is 2.47. The number of ether oxygens (including phenoxy) is 1. The Labute approximate surface area is 111 Å². The van der Waals surface area contributed by atoms with Crippen molar-refractivity contribution in [2.75, 3.05) is 12.8 Å². The highest BCUT2D eigenvalue weighted by atomic mass is 35.5. The van der Waals surface area contributed by atoms with E-state index < -0.39 is 0 Å².